The predicted molar refractivity (Wildman–Crippen MR) is 86.7 cm³/mol. The Morgan fingerprint density at radius 2 is 2.05 bits per heavy atom. The fourth-order valence-electron chi connectivity index (χ4n) is 2.18. The van der Waals surface area contributed by atoms with Gasteiger partial charge in [0.05, 0.1) is 6.07 Å². The van der Waals surface area contributed by atoms with Crippen molar-refractivity contribution >= 4 is 11.8 Å². The van der Waals surface area contributed by atoms with Crippen LogP contribution < -0.4 is 5.32 Å². The maximum atomic E-state index is 9.79. The van der Waals surface area contributed by atoms with Crippen molar-refractivity contribution in [2.75, 3.05) is 11.5 Å². The Kier molecular flexibility index (Phi) is 5.51. The Labute approximate surface area is 127 Å². The highest BCUT2D eigenvalue weighted by atomic mass is 32.2. The lowest BCUT2D eigenvalue weighted by atomic mass is 9.93. The lowest BCUT2D eigenvalue weighted by molar-refractivity contribution is 0.470. The van der Waals surface area contributed by atoms with Crippen molar-refractivity contribution in [3.63, 3.8) is 0 Å². The van der Waals surface area contributed by atoms with E-state index in [1.165, 1.54) is 19.3 Å². The van der Waals surface area contributed by atoms with Gasteiger partial charge in [-0.05, 0) is 36.5 Å². The Morgan fingerprint density at radius 3 is 2.60 bits per heavy atom. The number of benzene rings is 1. The maximum Gasteiger partial charge on any atom is 0.141 e. The summed E-state index contributed by atoms with van der Waals surface area (Å²) in [4.78, 5) is 0. The molecule has 1 N–H and O–H groups in total. The molecule has 1 aromatic carbocycles. The van der Waals surface area contributed by atoms with Gasteiger partial charge in [-0.1, -0.05) is 44.2 Å². The molecule has 0 bridgehead atoms. The van der Waals surface area contributed by atoms with Crippen LogP contribution in [0.15, 0.2) is 30.3 Å². The van der Waals surface area contributed by atoms with Crippen molar-refractivity contribution in [3.8, 4) is 6.07 Å². The van der Waals surface area contributed by atoms with Crippen molar-refractivity contribution in [1.29, 1.82) is 5.26 Å². The van der Waals surface area contributed by atoms with Gasteiger partial charge in [0, 0.05) is 11.8 Å². The minimum atomic E-state index is -0.524. The normalized spacial score (nSPS) is 17.7. The van der Waals surface area contributed by atoms with E-state index in [1.54, 1.807) is 0 Å². The molecule has 0 heterocycles. The third-order valence-electron chi connectivity index (χ3n) is 3.64. The minimum Gasteiger partial charge on any atom is -0.292 e. The van der Waals surface area contributed by atoms with Gasteiger partial charge in [0.1, 0.15) is 5.54 Å². The first-order valence-electron chi connectivity index (χ1n) is 7.48. The molecule has 1 saturated carbocycles. The number of nitriles is 1. The molecule has 1 unspecified atom stereocenters. The number of nitrogens with one attached hydrogen (secondary N) is 1. The molecule has 1 aromatic rings. The van der Waals surface area contributed by atoms with E-state index in [9.17, 15) is 5.26 Å². The van der Waals surface area contributed by atoms with Crippen LogP contribution in [0.25, 0.3) is 0 Å². The number of thioether (sulfide) groups is 1. The molecular weight excluding hydrogens is 264 g/mol. The Hall–Kier alpha value is -0.980. The van der Waals surface area contributed by atoms with Gasteiger partial charge in [0.25, 0.3) is 0 Å². The summed E-state index contributed by atoms with van der Waals surface area (Å²) < 4.78 is 0. The molecular formula is C17H24N2S. The third-order valence-corrected chi connectivity index (χ3v) is 4.80. The molecule has 0 spiro atoms. The molecule has 20 heavy (non-hydrogen) atoms. The van der Waals surface area contributed by atoms with Gasteiger partial charge in [0.2, 0.25) is 0 Å². The molecule has 1 atom stereocenters. The van der Waals surface area contributed by atoms with Gasteiger partial charge in [-0.2, -0.15) is 17.0 Å². The third kappa shape index (κ3) is 4.26. The van der Waals surface area contributed by atoms with E-state index in [1.807, 2.05) is 30.0 Å². The van der Waals surface area contributed by atoms with E-state index in [0.717, 1.165) is 23.0 Å². The van der Waals surface area contributed by atoms with E-state index < -0.39 is 5.54 Å². The van der Waals surface area contributed by atoms with Gasteiger partial charge in [-0.15, -0.1) is 0 Å². The molecule has 1 aliphatic rings. The zero-order chi connectivity index (χ0) is 14.4. The summed E-state index contributed by atoms with van der Waals surface area (Å²) in [5, 5.41) is 13.4. The number of hydrogen-bond donors (Lipinski definition) is 1. The van der Waals surface area contributed by atoms with E-state index in [-0.39, 0.29) is 0 Å². The van der Waals surface area contributed by atoms with Gasteiger partial charge < -0.3 is 0 Å². The van der Waals surface area contributed by atoms with Crippen LogP contribution in [-0.2, 0) is 5.54 Å². The second kappa shape index (κ2) is 7.15. The Morgan fingerprint density at radius 1 is 1.35 bits per heavy atom. The van der Waals surface area contributed by atoms with Crippen LogP contribution in [0.4, 0.5) is 0 Å². The molecule has 1 fully saturated rings. The fourth-order valence-corrected chi connectivity index (χ4v) is 3.58. The molecule has 0 amide bonds. The van der Waals surface area contributed by atoms with Crippen LogP contribution in [0, 0.1) is 17.2 Å². The van der Waals surface area contributed by atoms with Crippen LogP contribution in [-0.4, -0.2) is 17.5 Å². The maximum absolute atomic E-state index is 9.79. The average Bonchev–Trinajstić information content (AvgIpc) is 3.27. The van der Waals surface area contributed by atoms with Gasteiger partial charge >= 0.3 is 0 Å². The molecule has 0 aliphatic heterocycles. The van der Waals surface area contributed by atoms with Crippen LogP contribution >= 0.6 is 11.8 Å². The van der Waals surface area contributed by atoms with Gasteiger partial charge in [-0.3, -0.25) is 5.32 Å². The number of rotatable bonds is 8. The monoisotopic (exact) mass is 288 g/mol. The number of nitrogens with zero attached hydrogens (tertiary/aromatic N) is 1. The van der Waals surface area contributed by atoms with Gasteiger partial charge in [0.15, 0.2) is 0 Å². The van der Waals surface area contributed by atoms with Crippen molar-refractivity contribution in [2.45, 2.75) is 44.7 Å². The van der Waals surface area contributed by atoms with Crippen molar-refractivity contribution in [2.24, 2.45) is 5.92 Å². The van der Waals surface area contributed by atoms with Gasteiger partial charge in [-0.25, -0.2) is 0 Å². The first-order valence-corrected chi connectivity index (χ1v) is 8.64. The highest BCUT2D eigenvalue weighted by Crippen LogP contribution is 2.31. The average molecular weight is 288 g/mol. The van der Waals surface area contributed by atoms with Crippen LogP contribution in [0.5, 0.6) is 0 Å². The van der Waals surface area contributed by atoms with E-state index >= 15 is 0 Å². The summed E-state index contributed by atoms with van der Waals surface area (Å²) in [7, 11) is 0. The van der Waals surface area contributed by atoms with Crippen LogP contribution in [0.3, 0.4) is 0 Å². The van der Waals surface area contributed by atoms with E-state index in [2.05, 4.69) is 37.4 Å². The smallest absolute Gasteiger partial charge is 0.141 e. The highest BCUT2D eigenvalue weighted by molar-refractivity contribution is 7.99. The summed E-state index contributed by atoms with van der Waals surface area (Å²) in [5.74, 6) is 2.68. The first-order chi connectivity index (χ1) is 9.66. The topological polar surface area (TPSA) is 35.8 Å². The molecule has 0 radical (unpaired) electrons. The second-order valence-electron chi connectivity index (χ2n) is 6.04. The van der Waals surface area contributed by atoms with E-state index in [4.69, 9.17) is 0 Å². The molecule has 0 saturated heterocycles. The van der Waals surface area contributed by atoms with Crippen LogP contribution in [0.1, 0.15) is 38.7 Å². The largest absolute Gasteiger partial charge is 0.292 e. The summed E-state index contributed by atoms with van der Waals surface area (Å²) in [6, 6.07) is 13.3. The molecule has 3 heteroatoms. The second-order valence-corrected chi connectivity index (χ2v) is 7.14. The zero-order valence-corrected chi connectivity index (χ0v) is 13.2. The van der Waals surface area contributed by atoms with Crippen molar-refractivity contribution in [1.82, 2.24) is 5.32 Å². The lowest BCUT2D eigenvalue weighted by Crippen LogP contribution is -2.44. The summed E-state index contributed by atoms with van der Waals surface area (Å²) in [6.45, 7) is 4.50. The summed E-state index contributed by atoms with van der Waals surface area (Å²) in [6.07, 6.45) is 3.62. The Balaban J connectivity index is 2.05. The van der Waals surface area contributed by atoms with Crippen LogP contribution in [0.2, 0.25) is 0 Å². The molecule has 1 aliphatic carbocycles. The minimum absolute atomic E-state index is 0.524. The number of hydrogen-bond acceptors (Lipinski definition) is 3. The molecule has 0 aromatic heterocycles. The standard InChI is InChI=1S/C17H24N2S/c1-14(2)10-11-20-13-17(12-18,19-16-8-9-16)15-6-4-3-5-7-15/h3-7,14,16,19H,8-11,13H2,1-2H3. The van der Waals surface area contributed by atoms with Crippen molar-refractivity contribution in [3.05, 3.63) is 35.9 Å². The quantitative estimate of drug-likeness (QED) is 0.736. The van der Waals surface area contributed by atoms with Crippen molar-refractivity contribution < 1.29 is 0 Å². The Bertz CT molecular complexity index is 448. The fraction of sp³-hybridized carbons (Fsp3) is 0.588. The van der Waals surface area contributed by atoms with E-state index in [0.29, 0.717) is 6.04 Å². The summed E-state index contributed by atoms with van der Waals surface area (Å²) >= 11 is 1.89. The molecule has 108 valence electrons. The first kappa shape index (κ1) is 15.4. The SMILES string of the molecule is CC(C)CCSCC(C#N)(NC1CC1)c1ccccc1. The lowest BCUT2D eigenvalue weighted by Gasteiger charge is -2.28. The molecule has 2 rings (SSSR count). The molecule has 2 nitrogen and oxygen atoms in total. The zero-order valence-electron chi connectivity index (χ0n) is 12.4. The summed E-state index contributed by atoms with van der Waals surface area (Å²) in [5.41, 5.74) is 0.579. The predicted octanol–water partition coefficient (Wildman–Crippen LogP) is 3.94. The highest BCUT2D eigenvalue weighted by Gasteiger charge is 2.37.